The van der Waals surface area contributed by atoms with Crippen LogP contribution in [0.25, 0.3) is 0 Å². The number of benzene rings is 2. The van der Waals surface area contributed by atoms with Gasteiger partial charge in [-0.2, -0.15) is 0 Å². The fourth-order valence-corrected chi connectivity index (χ4v) is 3.59. The highest BCUT2D eigenvalue weighted by Gasteiger charge is 2.28. The predicted molar refractivity (Wildman–Crippen MR) is 107 cm³/mol. The smallest absolute Gasteiger partial charge is 0.229 e. The molecule has 0 aromatic heterocycles. The van der Waals surface area contributed by atoms with Crippen LogP contribution in [0.2, 0.25) is 0 Å². The van der Waals surface area contributed by atoms with E-state index in [4.69, 9.17) is 0 Å². The van der Waals surface area contributed by atoms with Crippen LogP contribution in [0, 0.1) is 12.8 Å². The van der Waals surface area contributed by atoms with Crippen molar-refractivity contribution in [2.75, 3.05) is 18.4 Å². The van der Waals surface area contributed by atoms with Crippen molar-refractivity contribution in [3.05, 3.63) is 64.1 Å². The molecule has 0 aliphatic carbocycles. The number of likely N-dealkylation sites (tertiary alicyclic amines) is 1. The van der Waals surface area contributed by atoms with Crippen LogP contribution >= 0.6 is 15.9 Å². The standard InChI is InChI=1S/C21H23BrN2O2/c1-15-9-10-18(13-19(15)22)23-21(26)17-8-5-11-24(14-17)20(25)12-16-6-3-2-4-7-16/h2-4,6-7,9-10,13,17H,5,8,11-12,14H2,1H3,(H,23,26). The average molecular weight is 415 g/mol. The van der Waals surface area contributed by atoms with Gasteiger partial charge in [0.1, 0.15) is 0 Å². The number of hydrogen-bond acceptors (Lipinski definition) is 2. The molecule has 2 aromatic carbocycles. The van der Waals surface area contributed by atoms with Crippen molar-refractivity contribution >= 4 is 33.4 Å². The Balaban J connectivity index is 1.59. The van der Waals surface area contributed by atoms with Gasteiger partial charge in [0, 0.05) is 23.2 Å². The first kappa shape index (κ1) is 18.6. The Morgan fingerprint density at radius 2 is 1.96 bits per heavy atom. The van der Waals surface area contributed by atoms with Crippen LogP contribution in [0.1, 0.15) is 24.0 Å². The van der Waals surface area contributed by atoms with E-state index in [1.807, 2.05) is 60.4 Å². The lowest BCUT2D eigenvalue weighted by Crippen LogP contribution is -2.44. The van der Waals surface area contributed by atoms with Crippen LogP contribution in [-0.4, -0.2) is 29.8 Å². The predicted octanol–water partition coefficient (Wildman–Crippen LogP) is 4.18. The third-order valence-electron chi connectivity index (χ3n) is 4.78. The first-order valence-corrected chi connectivity index (χ1v) is 9.71. The molecule has 1 fully saturated rings. The van der Waals surface area contributed by atoms with E-state index in [2.05, 4.69) is 21.2 Å². The summed E-state index contributed by atoms with van der Waals surface area (Å²) in [5, 5.41) is 2.98. The van der Waals surface area contributed by atoms with E-state index in [1.54, 1.807) is 0 Å². The molecule has 1 atom stereocenters. The Bertz CT molecular complexity index is 792. The summed E-state index contributed by atoms with van der Waals surface area (Å²) in [6.45, 7) is 3.23. The second-order valence-electron chi connectivity index (χ2n) is 6.79. The van der Waals surface area contributed by atoms with Crippen molar-refractivity contribution in [3.63, 3.8) is 0 Å². The maximum absolute atomic E-state index is 12.6. The van der Waals surface area contributed by atoms with Gasteiger partial charge in [-0.3, -0.25) is 9.59 Å². The van der Waals surface area contributed by atoms with E-state index in [0.29, 0.717) is 13.0 Å². The summed E-state index contributed by atoms with van der Waals surface area (Å²) in [6, 6.07) is 15.5. The van der Waals surface area contributed by atoms with Crippen molar-refractivity contribution < 1.29 is 9.59 Å². The van der Waals surface area contributed by atoms with Gasteiger partial charge in [-0.1, -0.05) is 52.3 Å². The molecule has 0 spiro atoms. The monoisotopic (exact) mass is 414 g/mol. The maximum Gasteiger partial charge on any atom is 0.229 e. The number of carbonyl (C=O) groups is 2. The number of anilines is 1. The highest BCUT2D eigenvalue weighted by atomic mass is 79.9. The van der Waals surface area contributed by atoms with Crippen molar-refractivity contribution in [2.45, 2.75) is 26.2 Å². The summed E-state index contributed by atoms with van der Waals surface area (Å²) >= 11 is 3.49. The van der Waals surface area contributed by atoms with Gasteiger partial charge in [0.25, 0.3) is 0 Å². The Morgan fingerprint density at radius 3 is 2.69 bits per heavy atom. The molecule has 0 saturated carbocycles. The molecule has 1 N–H and O–H groups in total. The number of nitrogens with zero attached hydrogens (tertiary/aromatic N) is 1. The quantitative estimate of drug-likeness (QED) is 0.815. The van der Waals surface area contributed by atoms with Gasteiger partial charge >= 0.3 is 0 Å². The summed E-state index contributed by atoms with van der Waals surface area (Å²) in [7, 11) is 0. The van der Waals surface area contributed by atoms with Gasteiger partial charge in [0.2, 0.25) is 11.8 Å². The molecule has 2 aromatic rings. The zero-order valence-electron chi connectivity index (χ0n) is 14.9. The third kappa shape index (κ3) is 4.73. The first-order valence-electron chi connectivity index (χ1n) is 8.91. The number of nitrogens with one attached hydrogen (secondary N) is 1. The second kappa shape index (κ2) is 8.49. The minimum Gasteiger partial charge on any atom is -0.342 e. The molecule has 5 heteroatoms. The number of halogens is 1. The number of hydrogen-bond donors (Lipinski definition) is 1. The SMILES string of the molecule is Cc1ccc(NC(=O)C2CCCN(C(=O)Cc3ccccc3)C2)cc1Br. The molecule has 3 rings (SSSR count). The number of amides is 2. The van der Waals surface area contributed by atoms with Gasteiger partial charge in [-0.15, -0.1) is 0 Å². The summed E-state index contributed by atoms with van der Waals surface area (Å²) in [6.07, 6.45) is 2.06. The summed E-state index contributed by atoms with van der Waals surface area (Å²) in [5.41, 5.74) is 2.91. The molecule has 2 amide bonds. The molecule has 4 nitrogen and oxygen atoms in total. The number of piperidine rings is 1. The highest BCUT2D eigenvalue weighted by Crippen LogP contribution is 2.23. The molecule has 1 aliphatic rings. The zero-order chi connectivity index (χ0) is 18.5. The summed E-state index contributed by atoms with van der Waals surface area (Å²) in [4.78, 5) is 27.0. The van der Waals surface area contributed by atoms with Crippen molar-refractivity contribution in [1.82, 2.24) is 4.90 Å². The van der Waals surface area contributed by atoms with Crippen molar-refractivity contribution in [3.8, 4) is 0 Å². The lowest BCUT2D eigenvalue weighted by atomic mass is 9.96. The molecule has 0 radical (unpaired) electrons. The van der Waals surface area contributed by atoms with Gasteiger partial charge in [0.15, 0.2) is 0 Å². The van der Waals surface area contributed by atoms with Crippen molar-refractivity contribution in [1.29, 1.82) is 0 Å². The van der Waals surface area contributed by atoms with E-state index < -0.39 is 0 Å². The molecule has 1 saturated heterocycles. The lowest BCUT2D eigenvalue weighted by Gasteiger charge is -2.32. The van der Waals surface area contributed by atoms with Crippen LogP contribution < -0.4 is 5.32 Å². The number of carbonyl (C=O) groups excluding carboxylic acids is 2. The van der Waals surface area contributed by atoms with Gasteiger partial charge in [-0.05, 0) is 43.0 Å². The van der Waals surface area contributed by atoms with Crippen LogP contribution in [0.15, 0.2) is 53.0 Å². The van der Waals surface area contributed by atoms with Crippen LogP contribution in [0.3, 0.4) is 0 Å². The number of aryl methyl sites for hydroxylation is 1. The third-order valence-corrected chi connectivity index (χ3v) is 5.64. The Labute approximate surface area is 162 Å². The van der Waals surface area contributed by atoms with E-state index in [9.17, 15) is 9.59 Å². The summed E-state index contributed by atoms with van der Waals surface area (Å²) in [5.74, 6) is -0.0895. The van der Waals surface area contributed by atoms with Crippen LogP contribution in [-0.2, 0) is 16.0 Å². The van der Waals surface area contributed by atoms with E-state index >= 15 is 0 Å². The van der Waals surface area contributed by atoms with Gasteiger partial charge < -0.3 is 10.2 Å². The van der Waals surface area contributed by atoms with E-state index in [1.165, 1.54) is 0 Å². The minimum absolute atomic E-state index is 0.0158. The second-order valence-corrected chi connectivity index (χ2v) is 7.65. The Morgan fingerprint density at radius 1 is 1.19 bits per heavy atom. The molecule has 1 heterocycles. The first-order chi connectivity index (χ1) is 12.5. The molecule has 1 aliphatic heterocycles. The maximum atomic E-state index is 12.6. The topological polar surface area (TPSA) is 49.4 Å². The van der Waals surface area contributed by atoms with Crippen molar-refractivity contribution in [2.24, 2.45) is 5.92 Å². The zero-order valence-corrected chi connectivity index (χ0v) is 16.5. The summed E-state index contributed by atoms with van der Waals surface area (Å²) < 4.78 is 0.971. The highest BCUT2D eigenvalue weighted by molar-refractivity contribution is 9.10. The lowest BCUT2D eigenvalue weighted by molar-refractivity contribution is -0.133. The van der Waals surface area contributed by atoms with Gasteiger partial charge in [0.05, 0.1) is 12.3 Å². The molecule has 0 bridgehead atoms. The fourth-order valence-electron chi connectivity index (χ4n) is 3.21. The fraction of sp³-hybridized carbons (Fsp3) is 0.333. The van der Waals surface area contributed by atoms with Gasteiger partial charge in [-0.25, -0.2) is 0 Å². The largest absolute Gasteiger partial charge is 0.342 e. The molecular weight excluding hydrogens is 392 g/mol. The molecular formula is C21H23BrN2O2. The molecule has 136 valence electrons. The minimum atomic E-state index is -0.163. The molecule has 1 unspecified atom stereocenters. The van der Waals surface area contributed by atoms with E-state index in [0.717, 1.165) is 40.7 Å². The Hall–Kier alpha value is -2.14. The normalized spacial score (nSPS) is 17.0. The van der Waals surface area contributed by atoms with Crippen LogP contribution in [0.5, 0.6) is 0 Å². The Kier molecular flexibility index (Phi) is 6.09. The van der Waals surface area contributed by atoms with E-state index in [-0.39, 0.29) is 17.7 Å². The van der Waals surface area contributed by atoms with Crippen LogP contribution in [0.4, 0.5) is 5.69 Å². The molecule has 26 heavy (non-hydrogen) atoms. The number of rotatable bonds is 4. The average Bonchev–Trinajstić information content (AvgIpc) is 2.65.